The van der Waals surface area contributed by atoms with Crippen molar-refractivity contribution in [3.05, 3.63) is 0 Å². The van der Waals surface area contributed by atoms with Crippen molar-refractivity contribution in [1.82, 2.24) is 10.2 Å². The first-order valence-corrected chi connectivity index (χ1v) is 8.10. The smallest absolute Gasteiger partial charge is 0.0594 e. The molecular weight excluding hydrogens is 232 g/mol. The first-order chi connectivity index (χ1) is 8.40. The van der Waals surface area contributed by atoms with Gasteiger partial charge in [0.05, 0.1) is 13.2 Å². The number of rotatable bonds is 6. The van der Waals surface area contributed by atoms with Gasteiger partial charge in [0.25, 0.3) is 0 Å². The van der Waals surface area contributed by atoms with Crippen LogP contribution >= 0.6 is 11.8 Å². The zero-order chi connectivity index (χ0) is 11.9. The van der Waals surface area contributed by atoms with Gasteiger partial charge in [-0.15, -0.1) is 0 Å². The Bertz CT molecular complexity index is 210. The van der Waals surface area contributed by atoms with Gasteiger partial charge < -0.3 is 10.1 Å². The zero-order valence-corrected chi connectivity index (χ0v) is 11.8. The van der Waals surface area contributed by atoms with Crippen LogP contribution in [0.5, 0.6) is 0 Å². The first-order valence-electron chi connectivity index (χ1n) is 7.05. The van der Waals surface area contributed by atoms with Crippen molar-refractivity contribution in [2.24, 2.45) is 0 Å². The number of thioether (sulfide) groups is 1. The maximum atomic E-state index is 5.36. The Morgan fingerprint density at radius 1 is 1.29 bits per heavy atom. The van der Waals surface area contributed by atoms with Crippen LogP contribution in [0.4, 0.5) is 0 Å². The summed E-state index contributed by atoms with van der Waals surface area (Å²) in [7, 11) is 0. The van der Waals surface area contributed by atoms with E-state index in [2.05, 4.69) is 28.9 Å². The van der Waals surface area contributed by atoms with Gasteiger partial charge in [0.2, 0.25) is 0 Å². The van der Waals surface area contributed by atoms with E-state index in [1.807, 2.05) is 0 Å². The average Bonchev–Trinajstić information content (AvgIpc) is 2.79. The lowest BCUT2D eigenvalue weighted by molar-refractivity contribution is 0.0381. The van der Waals surface area contributed by atoms with Crippen LogP contribution < -0.4 is 5.32 Å². The van der Waals surface area contributed by atoms with Gasteiger partial charge in [0.1, 0.15) is 0 Å². The predicted molar refractivity (Wildman–Crippen MR) is 74.8 cm³/mol. The molecular formula is C13H26N2OS. The molecule has 0 spiro atoms. The Morgan fingerprint density at radius 3 is 2.88 bits per heavy atom. The van der Waals surface area contributed by atoms with Crippen LogP contribution in [0.2, 0.25) is 0 Å². The molecule has 2 aliphatic rings. The molecule has 0 aromatic heterocycles. The highest BCUT2D eigenvalue weighted by atomic mass is 32.2. The second-order valence-electron chi connectivity index (χ2n) is 4.94. The molecule has 3 nitrogen and oxygen atoms in total. The number of nitrogens with zero attached hydrogens (tertiary/aromatic N) is 1. The molecule has 0 amide bonds. The molecule has 100 valence electrons. The van der Waals surface area contributed by atoms with Crippen molar-refractivity contribution in [3.63, 3.8) is 0 Å². The third kappa shape index (κ3) is 4.43. The van der Waals surface area contributed by atoms with E-state index in [9.17, 15) is 0 Å². The van der Waals surface area contributed by atoms with Crippen molar-refractivity contribution in [2.45, 2.75) is 37.5 Å². The molecule has 1 N–H and O–H groups in total. The maximum Gasteiger partial charge on any atom is 0.0594 e. The van der Waals surface area contributed by atoms with E-state index in [4.69, 9.17) is 4.74 Å². The van der Waals surface area contributed by atoms with Gasteiger partial charge in [-0.1, -0.05) is 13.3 Å². The Hall–Kier alpha value is 0.230. The van der Waals surface area contributed by atoms with E-state index in [1.54, 1.807) is 0 Å². The number of hydrogen-bond acceptors (Lipinski definition) is 4. The molecule has 4 heteroatoms. The molecule has 1 aliphatic carbocycles. The molecule has 2 fully saturated rings. The third-order valence-corrected chi connectivity index (χ3v) is 5.10. The quantitative estimate of drug-likeness (QED) is 0.782. The van der Waals surface area contributed by atoms with Gasteiger partial charge in [0, 0.05) is 37.5 Å². The van der Waals surface area contributed by atoms with Crippen LogP contribution in [-0.2, 0) is 4.74 Å². The SMILES string of the molecule is CCSC1CCCC1NCCN1CCOCC1. The molecule has 0 radical (unpaired) electrons. The molecule has 2 unspecified atom stereocenters. The van der Waals surface area contributed by atoms with Gasteiger partial charge in [-0.2, -0.15) is 11.8 Å². The minimum Gasteiger partial charge on any atom is -0.379 e. The fourth-order valence-electron chi connectivity index (χ4n) is 2.81. The van der Waals surface area contributed by atoms with Crippen molar-refractivity contribution < 1.29 is 4.74 Å². The molecule has 17 heavy (non-hydrogen) atoms. The standard InChI is InChI=1S/C13H26N2OS/c1-2-17-13-5-3-4-12(13)14-6-7-15-8-10-16-11-9-15/h12-14H,2-11H2,1H3. The molecule has 0 bridgehead atoms. The van der Waals surface area contributed by atoms with E-state index in [0.717, 1.165) is 44.1 Å². The normalized spacial score (nSPS) is 30.9. The lowest BCUT2D eigenvalue weighted by Gasteiger charge is -2.28. The summed E-state index contributed by atoms with van der Waals surface area (Å²) in [6.07, 6.45) is 4.20. The molecule has 2 atom stereocenters. The maximum absolute atomic E-state index is 5.36. The minimum absolute atomic E-state index is 0.765. The highest BCUT2D eigenvalue weighted by molar-refractivity contribution is 7.99. The van der Waals surface area contributed by atoms with Gasteiger partial charge >= 0.3 is 0 Å². The number of ether oxygens (including phenoxy) is 1. The summed E-state index contributed by atoms with van der Waals surface area (Å²) >= 11 is 2.14. The summed E-state index contributed by atoms with van der Waals surface area (Å²) in [6, 6.07) is 0.765. The lowest BCUT2D eigenvalue weighted by atomic mass is 10.2. The molecule has 0 aromatic rings. The van der Waals surface area contributed by atoms with Crippen LogP contribution in [0.3, 0.4) is 0 Å². The second-order valence-corrected chi connectivity index (χ2v) is 6.46. The van der Waals surface area contributed by atoms with Gasteiger partial charge in [-0.3, -0.25) is 4.90 Å². The van der Waals surface area contributed by atoms with E-state index in [0.29, 0.717) is 0 Å². The fourth-order valence-corrected chi connectivity index (χ4v) is 4.03. The summed E-state index contributed by atoms with van der Waals surface area (Å²) in [5.74, 6) is 1.26. The summed E-state index contributed by atoms with van der Waals surface area (Å²) < 4.78 is 5.36. The monoisotopic (exact) mass is 258 g/mol. The predicted octanol–water partition coefficient (Wildman–Crippen LogP) is 1.58. The van der Waals surface area contributed by atoms with Crippen molar-refractivity contribution in [3.8, 4) is 0 Å². The van der Waals surface area contributed by atoms with Gasteiger partial charge in [-0.05, 0) is 18.6 Å². The second kappa shape index (κ2) is 7.62. The summed E-state index contributed by atoms with van der Waals surface area (Å²) in [5.41, 5.74) is 0. The van der Waals surface area contributed by atoms with Crippen molar-refractivity contribution in [2.75, 3.05) is 45.1 Å². The molecule has 1 heterocycles. The zero-order valence-electron chi connectivity index (χ0n) is 11.0. The highest BCUT2D eigenvalue weighted by Gasteiger charge is 2.26. The Balaban J connectivity index is 1.60. The van der Waals surface area contributed by atoms with E-state index in [1.165, 1.54) is 31.6 Å². The highest BCUT2D eigenvalue weighted by Crippen LogP contribution is 2.29. The van der Waals surface area contributed by atoms with Crippen LogP contribution in [0, 0.1) is 0 Å². The number of nitrogens with one attached hydrogen (secondary N) is 1. The Labute approximate surface area is 110 Å². The Kier molecular flexibility index (Phi) is 6.12. The molecule has 1 aliphatic heterocycles. The van der Waals surface area contributed by atoms with E-state index in [-0.39, 0.29) is 0 Å². The first kappa shape index (κ1) is 13.7. The van der Waals surface area contributed by atoms with E-state index < -0.39 is 0 Å². The lowest BCUT2D eigenvalue weighted by Crippen LogP contribution is -2.43. The van der Waals surface area contributed by atoms with Crippen molar-refractivity contribution in [1.29, 1.82) is 0 Å². The van der Waals surface area contributed by atoms with Crippen LogP contribution in [0.1, 0.15) is 26.2 Å². The van der Waals surface area contributed by atoms with Crippen LogP contribution in [-0.4, -0.2) is 61.3 Å². The van der Waals surface area contributed by atoms with Crippen LogP contribution in [0.15, 0.2) is 0 Å². The van der Waals surface area contributed by atoms with Gasteiger partial charge in [0.15, 0.2) is 0 Å². The minimum atomic E-state index is 0.765. The van der Waals surface area contributed by atoms with Gasteiger partial charge in [-0.25, -0.2) is 0 Å². The number of hydrogen-bond donors (Lipinski definition) is 1. The summed E-state index contributed by atoms with van der Waals surface area (Å²) in [6.45, 7) is 8.65. The third-order valence-electron chi connectivity index (χ3n) is 3.77. The Morgan fingerprint density at radius 2 is 2.12 bits per heavy atom. The molecule has 1 saturated heterocycles. The molecule has 2 rings (SSSR count). The summed E-state index contributed by atoms with van der Waals surface area (Å²) in [5, 5.41) is 4.63. The molecule has 1 saturated carbocycles. The fraction of sp³-hybridized carbons (Fsp3) is 1.00. The number of morpholine rings is 1. The van der Waals surface area contributed by atoms with E-state index >= 15 is 0 Å². The van der Waals surface area contributed by atoms with Crippen molar-refractivity contribution >= 4 is 11.8 Å². The largest absolute Gasteiger partial charge is 0.379 e. The average molecular weight is 258 g/mol. The summed E-state index contributed by atoms with van der Waals surface area (Å²) in [4.78, 5) is 2.51. The topological polar surface area (TPSA) is 24.5 Å². The van der Waals surface area contributed by atoms with Crippen LogP contribution in [0.25, 0.3) is 0 Å². The molecule has 0 aromatic carbocycles.